The fourth-order valence-corrected chi connectivity index (χ4v) is 4.18. The van der Waals surface area contributed by atoms with Gasteiger partial charge >= 0.3 is 0 Å². The van der Waals surface area contributed by atoms with E-state index in [2.05, 4.69) is 15.6 Å². The second kappa shape index (κ2) is 8.55. The number of non-ortho nitro benzene ring substituents is 1. The van der Waals surface area contributed by atoms with Gasteiger partial charge in [-0.05, 0) is 32.9 Å². The lowest BCUT2D eigenvalue weighted by Crippen LogP contribution is -2.57. The molecule has 0 radical (unpaired) electrons. The van der Waals surface area contributed by atoms with Crippen molar-refractivity contribution in [3.8, 4) is 0 Å². The number of anilines is 1. The lowest BCUT2D eigenvalue weighted by atomic mass is 10.2. The van der Waals surface area contributed by atoms with Crippen LogP contribution in [-0.4, -0.2) is 67.4 Å². The molecular formula is C17H27N5O4S. The van der Waals surface area contributed by atoms with Crippen molar-refractivity contribution >= 4 is 27.2 Å². The predicted molar refractivity (Wildman–Crippen MR) is 107 cm³/mol. The summed E-state index contributed by atoms with van der Waals surface area (Å²) in [5.74, 6) is 0.817. The van der Waals surface area contributed by atoms with Crippen molar-refractivity contribution in [3.05, 3.63) is 34.4 Å². The summed E-state index contributed by atoms with van der Waals surface area (Å²) in [6, 6.07) is 6.22. The molecule has 0 bridgehead atoms. The molecule has 0 aromatic heterocycles. The first-order valence-corrected chi connectivity index (χ1v) is 10.6. The summed E-state index contributed by atoms with van der Waals surface area (Å²) in [6.45, 7) is 8.02. The number of rotatable bonds is 6. The molecule has 1 aromatic carbocycles. The van der Waals surface area contributed by atoms with Crippen LogP contribution in [0.25, 0.3) is 0 Å². The number of nitro benzene ring substituents is 1. The van der Waals surface area contributed by atoms with Crippen LogP contribution in [0.5, 0.6) is 0 Å². The molecule has 0 unspecified atom stereocenters. The van der Waals surface area contributed by atoms with E-state index in [1.807, 2.05) is 11.8 Å². The first kappa shape index (κ1) is 20.9. The van der Waals surface area contributed by atoms with Crippen molar-refractivity contribution in [1.29, 1.82) is 0 Å². The van der Waals surface area contributed by atoms with Gasteiger partial charge < -0.3 is 15.5 Å². The molecule has 0 amide bonds. The first-order chi connectivity index (χ1) is 12.7. The topological polar surface area (TPSA) is 117 Å². The van der Waals surface area contributed by atoms with E-state index in [0.717, 1.165) is 5.69 Å². The molecule has 9 nitrogen and oxygen atoms in total. The van der Waals surface area contributed by atoms with Gasteiger partial charge in [0.1, 0.15) is 0 Å². The molecule has 2 N–H and O–H groups in total. The average molecular weight is 398 g/mol. The third-order valence-electron chi connectivity index (χ3n) is 4.46. The van der Waals surface area contributed by atoms with Crippen LogP contribution in [0.3, 0.4) is 0 Å². The van der Waals surface area contributed by atoms with Crippen LogP contribution < -0.4 is 10.6 Å². The van der Waals surface area contributed by atoms with Gasteiger partial charge in [-0.15, -0.1) is 0 Å². The van der Waals surface area contributed by atoms with Crippen molar-refractivity contribution in [1.82, 2.24) is 10.2 Å². The van der Waals surface area contributed by atoms with E-state index < -0.39 is 19.5 Å². The largest absolute Gasteiger partial charge is 0.383 e. The standard InChI is InChI=1S/C17H27N5O4S/c1-4-18-16(21-11-12-27(25,26)17(2,3)13-21)20-10-9-19-14-5-7-15(8-6-14)22(23)24/h5-8,19H,4,9-13H2,1-3H3,(H,18,20). The van der Waals surface area contributed by atoms with Crippen LogP contribution >= 0.6 is 0 Å². The summed E-state index contributed by atoms with van der Waals surface area (Å²) in [6.07, 6.45) is 0. The Morgan fingerprint density at radius 3 is 2.56 bits per heavy atom. The number of sulfone groups is 1. The highest BCUT2D eigenvalue weighted by atomic mass is 32.2. The maximum atomic E-state index is 12.2. The number of nitrogens with zero attached hydrogens (tertiary/aromatic N) is 3. The number of nitro groups is 1. The lowest BCUT2D eigenvalue weighted by Gasteiger charge is -2.39. The molecule has 1 aliphatic rings. The summed E-state index contributed by atoms with van der Waals surface area (Å²) >= 11 is 0. The highest BCUT2D eigenvalue weighted by Crippen LogP contribution is 2.23. The molecule has 1 heterocycles. The van der Waals surface area contributed by atoms with Crippen LogP contribution in [0.2, 0.25) is 0 Å². The molecule has 0 spiro atoms. The number of nitrogens with one attached hydrogen (secondary N) is 2. The van der Waals surface area contributed by atoms with E-state index in [1.165, 1.54) is 12.1 Å². The van der Waals surface area contributed by atoms with Crippen molar-refractivity contribution in [2.75, 3.05) is 43.8 Å². The zero-order chi connectivity index (χ0) is 20.1. The molecule has 1 fully saturated rings. The van der Waals surface area contributed by atoms with Crippen LogP contribution in [-0.2, 0) is 9.84 Å². The smallest absolute Gasteiger partial charge is 0.269 e. The van der Waals surface area contributed by atoms with Crippen LogP contribution in [0, 0.1) is 10.1 Å². The fourth-order valence-electron chi connectivity index (χ4n) is 2.81. The summed E-state index contributed by atoms with van der Waals surface area (Å²) in [4.78, 5) is 16.8. The van der Waals surface area contributed by atoms with E-state index >= 15 is 0 Å². The van der Waals surface area contributed by atoms with E-state index in [-0.39, 0.29) is 11.4 Å². The molecule has 1 aliphatic heterocycles. The Hall–Kier alpha value is -2.36. The van der Waals surface area contributed by atoms with E-state index in [4.69, 9.17) is 0 Å². The zero-order valence-electron chi connectivity index (χ0n) is 15.9. The molecule has 0 saturated carbocycles. The van der Waals surface area contributed by atoms with Crippen LogP contribution in [0.4, 0.5) is 11.4 Å². The lowest BCUT2D eigenvalue weighted by molar-refractivity contribution is -0.384. The predicted octanol–water partition coefficient (Wildman–Crippen LogP) is 1.48. The Morgan fingerprint density at radius 2 is 2.00 bits per heavy atom. The monoisotopic (exact) mass is 397 g/mol. The Bertz CT molecular complexity index is 790. The molecule has 2 rings (SSSR count). The molecule has 150 valence electrons. The number of hydrogen-bond acceptors (Lipinski definition) is 6. The van der Waals surface area contributed by atoms with Crippen molar-refractivity contribution < 1.29 is 13.3 Å². The minimum absolute atomic E-state index is 0.0515. The molecule has 1 aromatic rings. The second-order valence-corrected chi connectivity index (χ2v) is 9.71. The summed E-state index contributed by atoms with van der Waals surface area (Å²) in [7, 11) is -3.10. The molecule has 0 aliphatic carbocycles. The van der Waals surface area contributed by atoms with E-state index in [1.54, 1.807) is 26.0 Å². The zero-order valence-corrected chi connectivity index (χ0v) is 16.8. The maximum absolute atomic E-state index is 12.2. The summed E-state index contributed by atoms with van der Waals surface area (Å²) in [5, 5.41) is 17.0. The van der Waals surface area contributed by atoms with Crippen LogP contribution in [0.15, 0.2) is 29.3 Å². The normalized spacial score (nSPS) is 18.8. The summed E-state index contributed by atoms with van der Waals surface area (Å²) in [5.41, 5.74) is 0.835. The number of guanidine groups is 1. The Balaban J connectivity index is 1.94. The quantitative estimate of drug-likeness (QED) is 0.245. The maximum Gasteiger partial charge on any atom is 0.269 e. The van der Waals surface area contributed by atoms with E-state index in [0.29, 0.717) is 38.7 Å². The Kier molecular flexibility index (Phi) is 6.63. The van der Waals surface area contributed by atoms with Crippen LogP contribution in [0.1, 0.15) is 20.8 Å². The third-order valence-corrected chi connectivity index (χ3v) is 6.99. The molecular weight excluding hydrogens is 370 g/mol. The average Bonchev–Trinajstić information content (AvgIpc) is 2.60. The van der Waals surface area contributed by atoms with E-state index in [9.17, 15) is 18.5 Å². The Labute approximate surface area is 159 Å². The van der Waals surface area contributed by atoms with Gasteiger partial charge in [-0.2, -0.15) is 0 Å². The van der Waals surface area contributed by atoms with Gasteiger partial charge in [0.05, 0.1) is 22.0 Å². The number of aliphatic imine (C=N–C) groups is 1. The minimum atomic E-state index is -3.10. The fraction of sp³-hybridized carbons (Fsp3) is 0.588. The van der Waals surface area contributed by atoms with Gasteiger partial charge in [0.15, 0.2) is 15.8 Å². The summed E-state index contributed by atoms with van der Waals surface area (Å²) < 4.78 is 23.5. The SMILES string of the molecule is CCNC(=NCCNc1ccc([N+](=O)[O-])cc1)N1CCS(=O)(=O)C(C)(C)C1. The molecule has 0 atom stereocenters. The third kappa shape index (κ3) is 5.31. The second-order valence-electron chi connectivity index (χ2n) is 6.97. The minimum Gasteiger partial charge on any atom is -0.383 e. The number of hydrogen-bond donors (Lipinski definition) is 2. The molecule has 27 heavy (non-hydrogen) atoms. The molecule has 1 saturated heterocycles. The first-order valence-electron chi connectivity index (χ1n) is 8.90. The highest BCUT2D eigenvalue weighted by Gasteiger charge is 2.40. The highest BCUT2D eigenvalue weighted by molar-refractivity contribution is 7.92. The molecule has 10 heteroatoms. The Morgan fingerprint density at radius 1 is 1.33 bits per heavy atom. The van der Waals surface area contributed by atoms with Gasteiger partial charge in [0.25, 0.3) is 5.69 Å². The van der Waals surface area contributed by atoms with Gasteiger partial charge in [0, 0.05) is 44.0 Å². The van der Waals surface area contributed by atoms with Gasteiger partial charge in [-0.3, -0.25) is 15.1 Å². The van der Waals surface area contributed by atoms with Crippen molar-refractivity contribution in [3.63, 3.8) is 0 Å². The van der Waals surface area contributed by atoms with Gasteiger partial charge in [-0.1, -0.05) is 0 Å². The number of benzene rings is 1. The van der Waals surface area contributed by atoms with Crippen molar-refractivity contribution in [2.45, 2.75) is 25.5 Å². The van der Waals surface area contributed by atoms with Gasteiger partial charge in [0.2, 0.25) is 0 Å². The van der Waals surface area contributed by atoms with Gasteiger partial charge in [-0.25, -0.2) is 8.42 Å². The van der Waals surface area contributed by atoms with Crippen molar-refractivity contribution in [2.24, 2.45) is 4.99 Å².